The van der Waals surface area contributed by atoms with Crippen molar-refractivity contribution in [2.45, 2.75) is 69.5 Å². The predicted molar refractivity (Wildman–Crippen MR) is 87.1 cm³/mol. The summed E-state index contributed by atoms with van der Waals surface area (Å²) in [6.07, 6.45) is 7.83. The second-order valence-electron chi connectivity index (χ2n) is 7.06. The van der Waals surface area contributed by atoms with Gasteiger partial charge in [0.25, 0.3) is 0 Å². The van der Waals surface area contributed by atoms with Crippen molar-refractivity contribution in [1.29, 1.82) is 0 Å². The van der Waals surface area contributed by atoms with Crippen molar-refractivity contribution in [2.75, 3.05) is 6.61 Å². The third-order valence-corrected chi connectivity index (χ3v) is 5.35. The summed E-state index contributed by atoms with van der Waals surface area (Å²) < 4.78 is 5.92. The van der Waals surface area contributed by atoms with E-state index in [-0.39, 0.29) is 12.2 Å². The smallest absolute Gasteiger partial charge is 0.119 e. The molecule has 0 radical (unpaired) electrons. The zero-order chi connectivity index (χ0) is 15.4. The third-order valence-electron chi connectivity index (χ3n) is 5.35. The van der Waals surface area contributed by atoms with Crippen molar-refractivity contribution >= 4 is 0 Å². The molecule has 22 heavy (non-hydrogen) atoms. The molecule has 0 unspecified atom stereocenters. The van der Waals surface area contributed by atoms with E-state index in [1.54, 1.807) is 0 Å². The van der Waals surface area contributed by atoms with E-state index >= 15 is 0 Å². The van der Waals surface area contributed by atoms with Crippen molar-refractivity contribution in [2.24, 2.45) is 5.92 Å². The molecule has 0 amide bonds. The first kappa shape index (κ1) is 15.8. The maximum absolute atomic E-state index is 9.59. The number of aliphatic hydroxyl groups excluding tert-OH is 2. The van der Waals surface area contributed by atoms with Gasteiger partial charge in [-0.2, -0.15) is 0 Å². The monoisotopic (exact) mass is 304 g/mol. The Labute approximate surface area is 133 Å². The van der Waals surface area contributed by atoms with Gasteiger partial charge in [-0.1, -0.05) is 12.1 Å². The van der Waals surface area contributed by atoms with Gasteiger partial charge in [0, 0.05) is 0 Å². The standard InChI is InChI=1S/C19H28O3/c20-17-7-1-14(2-8-17)13-22-19-11-5-16(6-12-19)15-3-9-18(21)10-4-15/h5-6,11-12,14-15,17-18,20-21H,1-4,7-10,13H2/t14-,15-,17-,18-. The van der Waals surface area contributed by atoms with Crippen LogP contribution in [0.3, 0.4) is 0 Å². The normalized spacial score (nSPS) is 32.6. The lowest BCUT2D eigenvalue weighted by Gasteiger charge is -2.26. The highest BCUT2D eigenvalue weighted by Gasteiger charge is 2.21. The first-order valence-corrected chi connectivity index (χ1v) is 8.79. The largest absolute Gasteiger partial charge is 0.493 e. The second-order valence-corrected chi connectivity index (χ2v) is 7.06. The topological polar surface area (TPSA) is 49.7 Å². The molecule has 3 nitrogen and oxygen atoms in total. The maximum Gasteiger partial charge on any atom is 0.119 e. The fourth-order valence-electron chi connectivity index (χ4n) is 3.77. The van der Waals surface area contributed by atoms with Crippen LogP contribution in [0.15, 0.2) is 24.3 Å². The molecule has 3 rings (SSSR count). The minimum absolute atomic E-state index is 0.0899. The number of hydrogen-bond donors (Lipinski definition) is 2. The van der Waals surface area contributed by atoms with E-state index in [0.29, 0.717) is 11.8 Å². The van der Waals surface area contributed by atoms with Crippen LogP contribution in [0, 0.1) is 5.92 Å². The molecule has 0 bridgehead atoms. The molecule has 1 aromatic rings. The number of ether oxygens (including phenoxy) is 1. The Morgan fingerprint density at radius 1 is 0.773 bits per heavy atom. The first-order valence-electron chi connectivity index (χ1n) is 8.79. The molecular weight excluding hydrogens is 276 g/mol. The van der Waals surface area contributed by atoms with Gasteiger partial charge >= 0.3 is 0 Å². The Kier molecular flexibility index (Phi) is 5.37. The fourth-order valence-corrected chi connectivity index (χ4v) is 3.77. The molecule has 2 aliphatic rings. The molecule has 2 aliphatic carbocycles. The number of rotatable bonds is 4. The Morgan fingerprint density at radius 3 is 1.91 bits per heavy atom. The van der Waals surface area contributed by atoms with Crippen LogP contribution in [0.2, 0.25) is 0 Å². The molecule has 2 saturated carbocycles. The van der Waals surface area contributed by atoms with Crippen LogP contribution in [0.4, 0.5) is 0 Å². The Hall–Kier alpha value is -1.06. The van der Waals surface area contributed by atoms with E-state index in [1.807, 2.05) is 0 Å². The van der Waals surface area contributed by atoms with Crippen molar-refractivity contribution < 1.29 is 14.9 Å². The van der Waals surface area contributed by atoms with E-state index < -0.39 is 0 Å². The summed E-state index contributed by atoms with van der Waals surface area (Å²) in [5, 5.41) is 19.1. The average Bonchev–Trinajstić information content (AvgIpc) is 2.56. The summed E-state index contributed by atoms with van der Waals surface area (Å²) in [6, 6.07) is 8.53. The van der Waals surface area contributed by atoms with Gasteiger partial charge < -0.3 is 14.9 Å². The molecule has 0 aromatic heterocycles. The van der Waals surface area contributed by atoms with Crippen LogP contribution in [0.1, 0.15) is 62.8 Å². The average molecular weight is 304 g/mol. The summed E-state index contributed by atoms with van der Waals surface area (Å²) in [5.74, 6) is 2.13. The molecule has 122 valence electrons. The number of hydrogen-bond acceptors (Lipinski definition) is 3. The van der Waals surface area contributed by atoms with E-state index in [9.17, 15) is 10.2 Å². The Morgan fingerprint density at radius 2 is 1.32 bits per heavy atom. The van der Waals surface area contributed by atoms with E-state index in [0.717, 1.165) is 63.7 Å². The van der Waals surface area contributed by atoms with Gasteiger partial charge in [0.15, 0.2) is 0 Å². The minimum atomic E-state index is -0.0930. The van der Waals surface area contributed by atoms with Gasteiger partial charge in [-0.3, -0.25) is 0 Å². The van der Waals surface area contributed by atoms with Gasteiger partial charge in [0.05, 0.1) is 18.8 Å². The summed E-state index contributed by atoms with van der Waals surface area (Å²) >= 11 is 0. The molecular formula is C19H28O3. The highest BCUT2D eigenvalue weighted by molar-refractivity contribution is 5.29. The maximum atomic E-state index is 9.59. The van der Waals surface area contributed by atoms with Crippen LogP contribution in [-0.4, -0.2) is 29.0 Å². The quantitative estimate of drug-likeness (QED) is 0.893. The van der Waals surface area contributed by atoms with Gasteiger partial charge in [0.2, 0.25) is 0 Å². The molecule has 2 fully saturated rings. The highest BCUT2D eigenvalue weighted by atomic mass is 16.5. The van der Waals surface area contributed by atoms with Gasteiger partial charge in [-0.25, -0.2) is 0 Å². The zero-order valence-corrected chi connectivity index (χ0v) is 13.3. The van der Waals surface area contributed by atoms with E-state index in [2.05, 4.69) is 24.3 Å². The van der Waals surface area contributed by atoms with Gasteiger partial charge in [-0.05, 0) is 80.9 Å². The van der Waals surface area contributed by atoms with Crippen LogP contribution >= 0.6 is 0 Å². The summed E-state index contributed by atoms with van der Waals surface area (Å²) in [5.41, 5.74) is 1.38. The fraction of sp³-hybridized carbons (Fsp3) is 0.684. The molecule has 3 heteroatoms. The first-order chi connectivity index (χ1) is 10.7. The van der Waals surface area contributed by atoms with Crippen molar-refractivity contribution in [1.82, 2.24) is 0 Å². The van der Waals surface area contributed by atoms with Crippen LogP contribution in [0.25, 0.3) is 0 Å². The third kappa shape index (κ3) is 4.23. The van der Waals surface area contributed by atoms with Crippen molar-refractivity contribution in [3.05, 3.63) is 29.8 Å². The molecule has 0 atom stereocenters. The Bertz CT molecular complexity index is 440. The SMILES string of the molecule is O[C@H]1CC[C@H](COc2ccc([C@H]3CC[C@H](O)CC3)cc2)CC1. The molecule has 2 N–H and O–H groups in total. The second kappa shape index (κ2) is 7.47. The summed E-state index contributed by atoms with van der Waals surface area (Å²) in [6.45, 7) is 0.766. The molecule has 0 heterocycles. The molecule has 0 spiro atoms. The lowest BCUT2D eigenvalue weighted by atomic mass is 9.83. The van der Waals surface area contributed by atoms with Crippen molar-refractivity contribution in [3.63, 3.8) is 0 Å². The lowest BCUT2D eigenvalue weighted by molar-refractivity contribution is 0.0917. The van der Waals surface area contributed by atoms with Gasteiger partial charge in [0.1, 0.15) is 5.75 Å². The van der Waals surface area contributed by atoms with E-state index in [4.69, 9.17) is 4.74 Å². The van der Waals surface area contributed by atoms with Crippen LogP contribution < -0.4 is 4.74 Å². The molecule has 1 aromatic carbocycles. The van der Waals surface area contributed by atoms with Crippen molar-refractivity contribution in [3.8, 4) is 5.75 Å². The van der Waals surface area contributed by atoms with E-state index in [1.165, 1.54) is 5.56 Å². The highest BCUT2D eigenvalue weighted by Crippen LogP contribution is 2.33. The summed E-state index contributed by atoms with van der Waals surface area (Å²) in [4.78, 5) is 0. The number of aliphatic hydroxyl groups is 2. The molecule has 0 aliphatic heterocycles. The lowest BCUT2D eigenvalue weighted by Crippen LogP contribution is -2.22. The summed E-state index contributed by atoms with van der Waals surface area (Å²) in [7, 11) is 0. The Balaban J connectivity index is 1.47. The minimum Gasteiger partial charge on any atom is -0.493 e. The zero-order valence-electron chi connectivity index (χ0n) is 13.3. The molecule has 0 saturated heterocycles. The predicted octanol–water partition coefficient (Wildman–Crippen LogP) is 3.64. The van der Waals surface area contributed by atoms with Crippen LogP contribution in [0.5, 0.6) is 5.75 Å². The van der Waals surface area contributed by atoms with Gasteiger partial charge in [-0.15, -0.1) is 0 Å². The van der Waals surface area contributed by atoms with Crippen LogP contribution in [-0.2, 0) is 0 Å². The number of benzene rings is 1.